The molecule has 7 N–H and O–H groups in total. The van der Waals surface area contributed by atoms with E-state index in [-0.39, 0.29) is 12.8 Å². The van der Waals surface area contributed by atoms with Crippen LogP contribution < -0.4 is 11.5 Å². The van der Waals surface area contributed by atoms with Gasteiger partial charge in [-0.1, -0.05) is 12.1 Å². The molecule has 172 valence electrons. The fourth-order valence-electron chi connectivity index (χ4n) is 4.89. The van der Waals surface area contributed by atoms with Crippen molar-refractivity contribution < 1.29 is 15.3 Å². The number of benzene rings is 1. The Balaban J connectivity index is 1.42. The van der Waals surface area contributed by atoms with Gasteiger partial charge in [0.25, 0.3) is 0 Å². The summed E-state index contributed by atoms with van der Waals surface area (Å²) in [4.78, 5) is 12.7. The van der Waals surface area contributed by atoms with E-state index in [1.165, 1.54) is 13.3 Å². The van der Waals surface area contributed by atoms with Gasteiger partial charge in [-0.2, -0.15) is 0 Å². The lowest BCUT2D eigenvalue weighted by Crippen LogP contribution is -2.53. The van der Waals surface area contributed by atoms with Crippen molar-refractivity contribution in [2.24, 2.45) is 0 Å². The van der Waals surface area contributed by atoms with Crippen LogP contribution in [0.25, 0.3) is 21.9 Å². The van der Waals surface area contributed by atoms with Crippen LogP contribution in [-0.2, 0) is 6.42 Å². The number of aliphatic hydroxyl groups is 3. The molecule has 33 heavy (non-hydrogen) atoms. The predicted octanol–water partition coefficient (Wildman–Crippen LogP) is 2.33. The molecule has 1 fully saturated rings. The van der Waals surface area contributed by atoms with Gasteiger partial charge in [0.2, 0.25) is 0 Å². The van der Waals surface area contributed by atoms with Crippen LogP contribution in [0, 0.1) is 0 Å². The second-order valence-corrected chi connectivity index (χ2v) is 9.85. The summed E-state index contributed by atoms with van der Waals surface area (Å²) in [7, 11) is 0. The van der Waals surface area contributed by atoms with Crippen LogP contribution in [0.2, 0.25) is 0 Å². The quantitative estimate of drug-likeness (QED) is 0.278. The van der Waals surface area contributed by atoms with Crippen molar-refractivity contribution in [1.82, 2.24) is 19.5 Å². The van der Waals surface area contributed by atoms with Crippen LogP contribution in [0.3, 0.4) is 0 Å². The minimum Gasteiger partial charge on any atom is -0.388 e. The summed E-state index contributed by atoms with van der Waals surface area (Å²) in [5, 5.41) is 35.3. The molecular formula is C23H25BrN6O3. The van der Waals surface area contributed by atoms with Gasteiger partial charge in [0.05, 0.1) is 27.0 Å². The van der Waals surface area contributed by atoms with E-state index >= 15 is 0 Å². The fraction of sp³-hybridized carbons (Fsp3) is 0.348. The van der Waals surface area contributed by atoms with E-state index in [1.54, 1.807) is 16.8 Å². The van der Waals surface area contributed by atoms with Gasteiger partial charge in [0.1, 0.15) is 35.3 Å². The Labute approximate surface area is 198 Å². The zero-order valence-electron chi connectivity index (χ0n) is 18.0. The summed E-state index contributed by atoms with van der Waals surface area (Å²) in [6.45, 7) is 1.48. The van der Waals surface area contributed by atoms with Gasteiger partial charge in [0.15, 0.2) is 0 Å². The lowest BCUT2D eigenvalue weighted by molar-refractivity contribution is -0.161. The molecule has 0 unspecified atom stereocenters. The average Bonchev–Trinajstić information content (AvgIpc) is 3.28. The Hall–Kier alpha value is -2.79. The van der Waals surface area contributed by atoms with Gasteiger partial charge >= 0.3 is 0 Å². The van der Waals surface area contributed by atoms with Crippen LogP contribution in [0.5, 0.6) is 0 Å². The number of hydrogen-bond acceptors (Lipinski definition) is 8. The lowest BCUT2D eigenvalue weighted by atomic mass is 9.82. The first-order chi connectivity index (χ1) is 15.6. The third-order valence-electron chi connectivity index (χ3n) is 7.02. The Morgan fingerprint density at radius 1 is 1.15 bits per heavy atom. The van der Waals surface area contributed by atoms with Crippen LogP contribution in [0.1, 0.15) is 31.4 Å². The Bertz CT molecular complexity index is 1370. The number of aliphatic hydroxyl groups excluding tert-OH is 1. The van der Waals surface area contributed by atoms with Crippen LogP contribution in [0.15, 0.2) is 47.3 Å². The highest BCUT2D eigenvalue weighted by atomic mass is 79.9. The molecule has 0 spiro atoms. The maximum atomic E-state index is 11.5. The second-order valence-electron chi connectivity index (χ2n) is 9.00. The summed E-state index contributed by atoms with van der Waals surface area (Å²) in [5.74, 6) is 0.747. The number of nitrogens with two attached hydrogens (primary N) is 2. The lowest BCUT2D eigenvalue weighted by Gasteiger charge is -2.36. The van der Waals surface area contributed by atoms with E-state index in [1.807, 2.05) is 24.3 Å². The normalized spacial score (nSPS) is 27.5. The molecule has 0 bridgehead atoms. The van der Waals surface area contributed by atoms with Gasteiger partial charge in [0, 0.05) is 18.0 Å². The molecule has 0 amide bonds. The first-order valence-corrected chi connectivity index (χ1v) is 11.4. The minimum absolute atomic E-state index is 0.153. The molecule has 0 aliphatic heterocycles. The number of fused-ring (bicyclic) bond motifs is 2. The highest BCUT2D eigenvalue weighted by Gasteiger charge is 2.60. The summed E-state index contributed by atoms with van der Waals surface area (Å²) in [6, 6.07) is 8.95. The van der Waals surface area contributed by atoms with Crippen molar-refractivity contribution in [2.75, 3.05) is 11.5 Å². The molecule has 4 aromatic rings. The number of rotatable bonds is 4. The number of aromatic nitrogens is 4. The zero-order chi connectivity index (χ0) is 23.5. The molecule has 3 heterocycles. The zero-order valence-corrected chi connectivity index (χ0v) is 19.6. The number of aryl methyl sites for hydroxylation is 1. The summed E-state index contributed by atoms with van der Waals surface area (Å²) in [6.07, 6.45) is 2.80. The molecule has 0 saturated heterocycles. The summed E-state index contributed by atoms with van der Waals surface area (Å²) < 4.78 is 2.49. The van der Waals surface area contributed by atoms with Crippen molar-refractivity contribution in [3.8, 4) is 0 Å². The molecule has 1 aromatic carbocycles. The number of anilines is 2. The molecule has 10 heteroatoms. The third-order valence-corrected chi connectivity index (χ3v) is 7.65. The van der Waals surface area contributed by atoms with Gasteiger partial charge in [-0.25, -0.2) is 15.0 Å². The average molecular weight is 513 g/mol. The van der Waals surface area contributed by atoms with Gasteiger partial charge in [-0.15, -0.1) is 0 Å². The number of nitrogens with zero attached hydrogens (tertiary/aromatic N) is 4. The molecule has 5 rings (SSSR count). The van der Waals surface area contributed by atoms with Crippen LogP contribution in [0.4, 0.5) is 11.6 Å². The van der Waals surface area contributed by atoms with Crippen LogP contribution in [-0.4, -0.2) is 52.1 Å². The van der Waals surface area contributed by atoms with Gasteiger partial charge in [-0.3, -0.25) is 0 Å². The molecule has 4 atom stereocenters. The number of nitrogen functional groups attached to an aromatic ring is 2. The standard InChI is InChI=1S/C23H25BrN6O3/c1-22(32)18(31)17(30-7-5-14-19(25)27-11-28-21(14)30)10-23(22,33)6-4-12-2-3-13-9-15(24)20(26)29-16(13)8-12/h2-3,5,7-9,11,17-18,31-33H,4,6,10H2,1H3,(H2,26,29)(H2,25,27,28)/t17-,18+,22+,23+/m1/s1. The largest absolute Gasteiger partial charge is 0.388 e. The topological polar surface area (TPSA) is 156 Å². The Morgan fingerprint density at radius 3 is 2.73 bits per heavy atom. The van der Waals surface area contributed by atoms with Crippen LogP contribution >= 0.6 is 15.9 Å². The Morgan fingerprint density at radius 2 is 1.94 bits per heavy atom. The van der Waals surface area contributed by atoms with E-state index in [2.05, 4.69) is 30.9 Å². The van der Waals surface area contributed by atoms with E-state index in [0.29, 0.717) is 29.1 Å². The first kappa shape index (κ1) is 22.0. The molecule has 1 saturated carbocycles. The van der Waals surface area contributed by atoms with E-state index in [0.717, 1.165) is 20.9 Å². The van der Waals surface area contributed by atoms with Gasteiger partial charge < -0.3 is 31.4 Å². The van der Waals surface area contributed by atoms with Crippen molar-refractivity contribution >= 4 is 49.5 Å². The highest BCUT2D eigenvalue weighted by Crippen LogP contribution is 2.48. The molecule has 9 nitrogen and oxygen atoms in total. The molecule has 0 radical (unpaired) electrons. The molecule has 1 aliphatic rings. The van der Waals surface area contributed by atoms with Crippen molar-refractivity contribution in [3.63, 3.8) is 0 Å². The van der Waals surface area contributed by atoms with Crippen molar-refractivity contribution in [3.05, 3.63) is 52.9 Å². The monoisotopic (exact) mass is 512 g/mol. The second kappa shape index (κ2) is 7.63. The first-order valence-electron chi connectivity index (χ1n) is 10.7. The number of hydrogen-bond donors (Lipinski definition) is 5. The molecular weight excluding hydrogens is 488 g/mol. The third kappa shape index (κ3) is 3.45. The van der Waals surface area contributed by atoms with Crippen molar-refractivity contribution in [1.29, 1.82) is 0 Å². The number of halogens is 1. The Kier molecular flexibility index (Phi) is 5.09. The maximum absolute atomic E-state index is 11.5. The predicted molar refractivity (Wildman–Crippen MR) is 129 cm³/mol. The molecule has 1 aliphatic carbocycles. The SMILES string of the molecule is C[C@]1(O)[C@@H](O)[C@H](n2ccc3c(N)ncnc32)C[C@@]1(O)CCc1ccc2cc(Br)c(N)nc2c1. The van der Waals surface area contributed by atoms with E-state index in [4.69, 9.17) is 11.5 Å². The smallest absolute Gasteiger partial charge is 0.145 e. The fourth-order valence-corrected chi connectivity index (χ4v) is 5.22. The minimum atomic E-state index is -1.72. The number of pyridine rings is 1. The van der Waals surface area contributed by atoms with Crippen molar-refractivity contribution in [2.45, 2.75) is 49.5 Å². The van der Waals surface area contributed by atoms with E-state index in [9.17, 15) is 15.3 Å². The highest BCUT2D eigenvalue weighted by molar-refractivity contribution is 9.10. The molecule has 3 aromatic heterocycles. The van der Waals surface area contributed by atoms with E-state index < -0.39 is 23.3 Å². The van der Waals surface area contributed by atoms with Gasteiger partial charge in [-0.05, 0) is 59.5 Å². The maximum Gasteiger partial charge on any atom is 0.145 e. The summed E-state index contributed by atoms with van der Waals surface area (Å²) in [5.41, 5.74) is 10.9. The summed E-state index contributed by atoms with van der Waals surface area (Å²) >= 11 is 3.39.